The first kappa shape index (κ1) is 12.9. The minimum atomic E-state index is -3.44. The minimum absolute atomic E-state index is 0.228. The van der Waals surface area contributed by atoms with E-state index in [1.54, 1.807) is 12.1 Å². The zero-order valence-electron chi connectivity index (χ0n) is 9.39. The van der Waals surface area contributed by atoms with Crippen molar-refractivity contribution in [1.29, 1.82) is 0 Å². The lowest BCUT2D eigenvalue weighted by Gasteiger charge is -2.38. The molecule has 1 saturated carbocycles. The number of rotatable bonds is 4. The van der Waals surface area contributed by atoms with E-state index in [9.17, 15) is 8.42 Å². The Morgan fingerprint density at radius 2 is 2.18 bits per heavy atom. The van der Waals surface area contributed by atoms with Crippen LogP contribution in [-0.4, -0.2) is 18.9 Å². The number of nitrogens with two attached hydrogens (primary N) is 1. The van der Waals surface area contributed by atoms with Crippen LogP contribution in [0.25, 0.3) is 0 Å². The van der Waals surface area contributed by atoms with Gasteiger partial charge in [-0.15, -0.1) is 11.3 Å². The van der Waals surface area contributed by atoms with Gasteiger partial charge in [0.2, 0.25) is 0 Å². The molecular weight excluding hydrogens is 276 g/mol. The van der Waals surface area contributed by atoms with E-state index in [0.29, 0.717) is 4.88 Å². The number of nitrogens with one attached hydrogen (secondary N) is 1. The molecule has 0 atom stereocenters. The fourth-order valence-electron chi connectivity index (χ4n) is 1.78. The van der Waals surface area contributed by atoms with Crippen LogP contribution in [0, 0.1) is 0 Å². The molecule has 3 N–H and O–H groups in total. The smallest absolute Gasteiger partial charge is 0.250 e. The second-order valence-electron chi connectivity index (χ2n) is 4.50. The third-order valence-electron chi connectivity index (χ3n) is 2.93. The van der Waals surface area contributed by atoms with Gasteiger partial charge in [-0.3, -0.25) is 0 Å². The first-order valence-electron chi connectivity index (χ1n) is 5.26. The summed E-state index contributed by atoms with van der Waals surface area (Å²) in [5, 5.41) is 0. The van der Waals surface area contributed by atoms with Gasteiger partial charge in [0.25, 0.3) is 10.0 Å². The van der Waals surface area contributed by atoms with Crippen molar-refractivity contribution in [1.82, 2.24) is 4.72 Å². The predicted octanol–water partition coefficient (Wildman–Crippen LogP) is 1.60. The lowest BCUT2D eigenvalue weighted by atomic mass is 9.80. The van der Waals surface area contributed by atoms with Gasteiger partial charge in [0.15, 0.2) is 0 Å². The summed E-state index contributed by atoms with van der Waals surface area (Å²) in [5.74, 6) is 0. The highest BCUT2D eigenvalue weighted by Gasteiger charge is 2.36. The van der Waals surface area contributed by atoms with Crippen molar-refractivity contribution in [3.63, 3.8) is 0 Å². The van der Waals surface area contributed by atoms with E-state index in [-0.39, 0.29) is 14.7 Å². The Morgan fingerprint density at radius 3 is 2.59 bits per heavy atom. The van der Waals surface area contributed by atoms with Crippen molar-refractivity contribution in [3.8, 4) is 0 Å². The lowest BCUT2D eigenvalue weighted by molar-refractivity contribution is 0.248. The van der Waals surface area contributed by atoms with E-state index in [0.717, 1.165) is 30.6 Å². The molecule has 0 radical (unpaired) electrons. The largest absolute Gasteiger partial charge is 0.389 e. The predicted molar refractivity (Wildman–Crippen MR) is 72.8 cm³/mol. The maximum atomic E-state index is 12.1. The van der Waals surface area contributed by atoms with Gasteiger partial charge in [-0.2, -0.15) is 0 Å². The fourth-order valence-corrected chi connectivity index (χ4v) is 4.60. The number of hydrogen-bond donors (Lipinski definition) is 2. The first-order chi connectivity index (χ1) is 7.82. The Kier molecular flexibility index (Phi) is 3.28. The van der Waals surface area contributed by atoms with Gasteiger partial charge in [-0.05, 0) is 38.3 Å². The summed E-state index contributed by atoms with van der Waals surface area (Å²) in [4.78, 5) is 0.852. The topological polar surface area (TPSA) is 72.2 Å². The van der Waals surface area contributed by atoms with E-state index < -0.39 is 10.0 Å². The summed E-state index contributed by atoms with van der Waals surface area (Å²) >= 11 is 5.92. The molecule has 0 aliphatic heterocycles. The van der Waals surface area contributed by atoms with Crippen LogP contribution < -0.4 is 10.5 Å². The zero-order valence-corrected chi connectivity index (χ0v) is 11.8. The maximum Gasteiger partial charge on any atom is 0.250 e. The summed E-state index contributed by atoms with van der Waals surface area (Å²) in [5.41, 5.74) is 5.18. The molecule has 1 aromatic heterocycles. The van der Waals surface area contributed by atoms with Gasteiger partial charge in [-0.1, -0.05) is 12.2 Å². The van der Waals surface area contributed by atoms with Gasteiger partial charge in [0.1, 0.15) is 9.20 Å². The number of thiocarbonyl (C=S) groups is 1. The molecule has 1 aliphatic carbocycles. The van der Waals surface area contributed by atoms with Gasteiger partial charge in [-0.25, -0.2) is 13.1 Å². The summed E-state index contributed by atoms with van der Waals surface area (Å²) in [6.07, 6.45) is 2.85. The summed E-state index contributed by atoms with van der Waals surface area (Å²) in [6, 6.07) is 3.19. The fraction of sp³-hybridized carbons (Fsp3) is 0.500. The van der Waals surface area contributed by atoms with Crippen LogP contribution >= 0.6 is 23.6 Å². The van der Waals surface area contributed by atoms with Crippen LogP contribution in [-0.2, 0) is 10.0 Å². The Hall–Kier alpha value is -0.500. The molecule has 0 spiro atoms. The molecule has 0 aromatic carbocycles. The monoisotopic (exact) mass is 290 g/mol. The normalized spacial score (nSPS) is 18.6. The molecule has 1 aromatic rings. The maximum absolute atomic E-state index is 12.1. The van der Waals surface area contributed by atoms with E-state index >= 15 is 0 Å². The van der Waals surface area contributed by atoms with E-state index in [4.69, 9.17) is 18.0 Å². The molecule has 1 heterocycles. The number of thiophene rings is 1. The standard InChI is InChI=1S/C10H14N2O2S3/c1-10(5-2-6-10)12-17(13,14)8-4-3-7(16-8)9(11)15/h3-4,12H,2,5-6H2,1H3,(H2,11,15). The Balaban J connectivity index is 2.22. The molecule has 0 saturated heterocycles. The van der Waals surface area contributed by atoms with Crippen LogP contribution in [0.4, 0.5) is 0 Å². The van der Waals surface area contributed by atoms with Gasteiger partial charge < -0.3 is 5.73 Å². The third-order valence-corrected chi connectivity index (χ3v) is 6.52. The van der Waals surface area contributed by atoms with E-state index in [2.05, 4.69) is 4.72 Å². The molecule has 94 valence electrons. The van der Waals surface area contributed by atoms with Crippen LogP contribution in [0.3, 0.4) is 0 Å². The molecule has 1 fully saturated rings. The molecule has 17 heavy (non-hydrogen) atoms. The Labute approximate surface area is 110 Å². The quantitative estimate of drug-likeness (QED) is 0.826. The molecule has 2 rings (SSSR count). The Morgan fingerprint density at radius 1 is 1.53 bits per heavy atom. The molecule has 0 unspecified atom stereocenters. The van der Waals surface area contributed by atoms with Crippen molar-refractivity contribution >= 4 is 38.6 Å². The van der Waals surface area contributed by atoms with Crippen molar-refractivity contribution in [3.05, 3.63) is 17.0 Å². The highest BCUT2D eigenvalue weighted by atomic mass is 32.2. The molecule has 4 nitrogen and oxygen atoms in total. The lowest BCUT2D eigenvalue weighted by Crippen LogP contribution is -2.50. The second-order valence-corrected chi connectivity index (χ2v) is 7.94. The van der Waals surface area contributed by atoms with Gasteiger partial charge in [0.05, 0.1) is 4.88 Å². The zero-order chi connectivity index (χ0) is 12.7. The van der Waals surface area contributed by atoms with Crippen LogP contribution in [0.2, 0.25) is 0 Å². The Bertz CT molecular complexity index is 544. The second kappa shape index (κ2) is 4.31. The summed E-state index contributed by atoms with van der Waals surface area (Å²) in [6.45, 7) is 1.93. The number of hydrogen-bond acceptors (Lipinski definition) is 4. The highest BCUT2D eigenvalue weighted by Crippen LogP contribution is 2.33. The van der Waals surface area contributed by atoms with Crippen molar-refractivity contribution in [2.45, 2.75) is 35.9 Å². The van der Waals surface area contributed by atoms with Crippen LogP contribution in [0.1, 0.15) is 31.1 Å². The highest BCUT2D eigenvalue weighted by molar-refractivity contribution is 7.91. The van der Waals surface area contributed by atoms with E-state index in [1.807, 2.05) is 6.92 Å². The SMILES string of the molecule is CC1(NS(=O)(=O)c2ccc(C(N)=S)s2)CCC1. The summed E-state index contributed by atoms with van der Waals surface area (Å²) < 4.78 is 27.2. The van der Waals surface area contributed by atoms with Crippen LogP contribution in [0.15, 0.2) is 16.3 Å². The van der Waals surface area contributed by atoms with Crippen molar-refractivity contribution < 1.29 is 8.42 Å². The molecule has 0 amide bonds. The third kappa shape index (κ3) is 2.67. The molecule has 7 heteroatoms. The van der Waals surface area contributed by atoms with Crippen LogP contribution in [0.5, 0.6) is 0 Å². The molecular formula is C10H14N2O2S3. The average Bonchev–Trinajstić information content (AvgIpc) is 2.63. The van der Waals surface area contributed by atoms with Crippen molar-refractivity contribution in [2.24, 2.45) is 5.73 Å². The first-order valence-corrected chi connectivity index (χ1v) is 7.97. The average molecular weight is 290 g/mol. The van der Waals surface area contributed by atoms with Gasteiger partial charge in [0, 0.05) is 5.54 Å². The van der Waals surface area contributed by atoms with Crippen molar-refractivity contribution in [2.75, 3.05) is 0 Å². The summed E-state index contributed by atoms with van der Waals surface area (Å²) in [7, 11) is -3.44. The molecule has 1 aliphatic rings. The van der Waals surface area contributed by atoms with Gasteiger partial charge >= 0.3 is 0 Å². The molecule has 0 bridgehead atoms. The van der Waals surface area contributed by atoms with E-state index in [1.165, 1.54) is 0 Å². The number of sulfonamides is 1. The minimum Gasteiger partial charge on any atom is -0.389 e.